The van der Waals surface area contributed by atoms with E-state index >= 15 is 0 Å². The number of alkyl halides is 2. The van der Waals surface area contributed by atoms with Gasteiger partial charge in [-0.1, -0.05) is 44.2 Å². The van der Waals surface area contributed by atoms with Gasteiger partial charge in [-0.3, -0.25) is 4.57 Å². The van der Waals surface area contributed by atoms with Gasteiger partial charge in [-0.2, -0.15) is 8.78 Å². The lowest BCUT2D eigenvalue weighted by molar-refractivity contribution is 0.0666. The Morgan fingerprint density at radius 1 is 1.25 bits per heavy atom. The van der Waals surface area contributed by atoms with Crippen molar-refractivity contribution >= 4 is 0 Å². The van der Waals surface area contributed by atoms with E-state index in [0.29, 0.717) is 18.9 Å². The lowest BCUT2D eigenvalue weighted by Crippen LogP contribution is -2.33. The fourth-order valence-electron chi connectivity index (χ4n) is 2.14. The van der Waals surface area contributed by atoms with E-state index in [9.17, 15) is 8.78 Å². The highest BCUT2D eigenvalue weighted by molar-refractivity contribution is 5.23. The van der Waals surface area contributed by atoms with Crippen molar-refractivity contribution in [1.82, 2.24) is 14.9 Å². The van der Waals surface area contributed by atoms with Crippen molar-refractivity contribution in [2.45, 2.75) is 32.4 Å². The molecule has 0 unspecified atom stereocenters. The van der Waals surface area contributed by atoms with Crippen LogP contribution in [0.4, 0.5) is 8.78 Å². The largest absolute Gasteiger partial charge is 0.319 e. The highest BCUT2D eigenvalue weighted by atomic mass is 19.3. The maximum atomic E-state index is 12.7. The molecule has 1 aromatic heterocycles. The summed E-state index contributed by atoms with van der Waals surface area (Å²) in [5.41, 5.74) is 1.15. The molecule has 0 saturated heterocycles. The first-order chi connectivity index (χ1) is 9.50. The van der Waals surface area contributed by atoms with Crippen LogP contribution in [0.5, 0.6) is 0 Å². The molecule has 0 radical (unpaired) electrons. The monoisotopic (exact) mass is 279 g/mol. The first-order valence-electron chi connectivity index (χ1n) is 6.57. The van der Waals surface area contributed by atoms with Gasteiger partial charge in [0, 0.05) is 24.4 Å². The first-order valence-corrected chi connectivity index (χ1v) is 6.57. The van der Waals surface area contributed by atoms with Crippen LogP contribution in [0.1, 0.15) is 31.8 Å². The number of halogens is 2. The van der Waals surface area contributed by atoms with Gasteiger partial charge in [0.15, 0.2) is 0 Å². The molecule has 3 nitrogen and oxygen atoms in total. The van der Waals surface area contributed by atoms with E-state index in [1.54, 1.807) is 0 Å². The van der Waals surface area contributed by atoms with Crippen LogP contribution < -0.4 is 5.32 Å². The zero-order valence-corrected chi connectivity index (χ0v) is 11.7. The van der Waals surface area contributed by atoms with Crippen molar-refractivity contribution in [3.8, 4) is 0 Å². The number of nitrogens with one attached hydrogen (secondary N) is 1. The second-order valence-corrected chi connectivity index (χ2v) is 5.38. The molecule has 0 aliphatic heterocycles. The van der Waals surface area contributed by atoms with E-state index in [4.69, 9.17) is 0 Å². The van der Waals surface area contributed by atoms with Gasteiger partial charge < -0.3 is 5.32 Å². The molecule has 0 saturated carbocycles. The zero-order chi connectivity index (χ0) is 14.6. The molecule has 0 amide bonds. The van der Waals surface area contributed by atoms with Gasteiger partial charge >= 0.3 is 6.55 Å². The van der Waals surface area contributed by atoms with Crippen molar-refractivity contribution in [3.05, 3.63) is 54.1 Å². The molecule has 20 heavy (non-hydrogen) atoms. The summed E-state index contributed by atoms with van der Waals surface area (Å²) in [6.07, 6.45) is 2.69. The topological polar surface area (TPSA) is 29.9 Å². The fraction of sp³-hybridized carbons (Fsp3) is 0.400. The van der Waals surface area contributed by atoms with Crippen molar-refractivity contribution < 1.29 is 8.78 Å². The molecule has 2 aromatic rings. The summed E-state index contributed by atoms with van der Waals surface area (Å²) in [6, 6.07) is 10.1. The van der Waals surface area contributed by atoms with Gasteiger partial charge in [0.25, 0.3) is 0 Å². The molecule has 0 fully saturated rings. The lowest BCUT2D eigenvalue weighted by Gasteiger charge is -2.25. The van der Waals surface area contributed by atoms with Gasteiger partial charge in [-0.25, -0.2) is 4.98 Å². The summed E-state index contributed by atoms with van der Waals surface area (Å²) < 4.78 is 26.2. The van der Waals surface area contributed by atoms with Crippen molar-refractivity contribution in [1.29, 1.82) is 0 Å². The Balaban J connectivity index is 1.94. The summed E-state index contributed by atoms with van der Waals surface area (Å²) in [5, 5.41) is 3.21. The molecule has 0 atom stereocenters. The second-order valence-electron chi connectivity index (χ2n) is 5.38. The van der Waals surface area contributed by atoms with Crippen LogP contribution in [-0.4, -0.2) is 16.1 Å². The van der Waals surface area contributed by atoms with Crippen LogP contribution >= 0.6 is 0 Å². The summed E-state index contributed by atoms with van der Waals surface area (Å²) in [4.78, 5) is 3.95. The Hall–Kier alpha value is -1.75. The summed E-state index contributed by atoms with van der Waals surface area (Å²) in [7, 11) is 0. The summed E-state index contributed by atoms with van der Waals surface area (Å²) in [5.74, 6) is 0.351. The molecule has 1 heterocycles. The van der Waals surface area contributed by atoms with Crippen molar-refractivity contribution in [3.63, 3.8) is 0 Å². The number of imidazole rings is 1. The molecule has 1 N–H and O–H groups in total. The minimum atomic E-state index is -2.54. The molecule has 1 aromatic carbocycles. The first kappa shape index (κ1) is 14.7. The minimum Gasteiger partial charge on any atom is -0.309 e. The van der Waals surface area contributed by atoms with E-state index in [1.807, 2.05) is 18.2 Å². The Morgan fingerprint density at radius 3 is 2.60 bits per heavy atom. The maximum absolute atomic E-state index is 12.7. The van der Waals surface area contributed by atoms with Crippen LogP contribution in [0, 0.1) is 0 Å². The number of nitrogens with zero attached hydrogens (tertiary/aromatic N) is 2. The standard InChI is InChI=1S/C15H19F2N3/c1-15(2,12-6-4-3-5-7-12)11-18-10-13-19-8-9-20(13)14(16)17/h3-9,14,18H,10-11H2,1-2H3. The number of aromatic nitrogens is 2. The second kappa shape index (κ2) is 6.13. The molecular formula is C15H19F2N3. The molecule has 0 aliphatic rings. The van der Waals surface area contributed by atoms with E-state index in [2.05, 4.69) is 36.3 Å². The van der Waals surface area contributed by atoms with Crippen LogP contribution in [0.2, 0.25) is 0 Å². The summed E-state index contributed by atoms with van der Waals surface area (Å²) in [6.45, 7) is 2.71. The Bertz CT molecular complexity index is 535. The van der Waals surface area contributed by atoms with Crippen LogP contribution in [0.15, 0.2) is 42.7 Å². The van der Waals surface area contributed by atoms with Gasteiger partial charge in [0.2, 0.25) is 0 Å². The van der Waals surface area contributed by atoms with Crippen molar-refractivity contribution in [2.24, 2.45) is 0 Å². The molecule has 108 valence electrons. The highest BCUT2D eigenvalue weighted by Gasteiger charge is 2.20. The van der Waals surface area contributed by atoms with Crippen LogP contribution in [0.25, 0.3) is 0 Å². The predicted molar refractivity (Wildman–Crippen MR) is 74.7 cm³/mol. The third-order valence-corrected chi connectivity index (χ3v) is 3.36. The SMILES string of the molecule is CC(C)(CNCc1nccn1C(F)F)c1ccccc1. The van der Waals surface area contributed by atoms with E-state index in [0.717, 1.165) is 4.57 Å². The predicted octanol–water partition coefficient (Wildman–Crippen LogP) is 3.35. The smallest absolute Gasteiger partial charge is 0.309 e. The molecule has 2 rings (SSSR count). The van der Waals surface area contributed by atoms with E-state index in [1.165, 1.54) is 18.0 Å². The molecule has 0 aliphatic carbocycles. The van der Waals surface area contributed by atoms with Gasteiger partial charge in [0.1, 0.15) is 5.82 Å². The average molecular weight is 279 g/mol. The van der Waals surface area contributed by atoms with Crippen LogP contribution in [-0.2, 0) is 12.0 Å². The zero-order valence-electron chi connectivity index (χ0n) is 11.7. The minimum absolute atomic E-state index is 0.0660. The Kier molecular flexibility index (Phi) is 4.49. The quantitative estimate of drug-likeness (QED) is 0.879. The number of hydrogen-bond acceptors (Lipinski definition) is 2. The molecule has 0 bridgehead atoms. The normalized spacial score (nSPS) is 12.1. The number of benzene rings is 1. The Labute approximate surface area is 117 Å². The number of hydrogen-bond donors (Lipinski definition) is 1. The van der Waals surface area contributed by atoms with Crippen LogP contribution in [0.3, 0.4) is 0 Å². The fourth-order valence-corrected chi connectivity index (χ4v) is 2.14. The molecular weight excluding hydrogens is 260 g/mol. The summed E-state index contributed by atoms with van der Waals surface area (Å²) >= 11 is 0. The Morgan fingerprint density at radius 2 is 1.95 bits per heavy atom. The van der Waals surface area contributed by atoms with Gasteiger partial charge in [-0.15, -0.1) is 0 Å². The maximum Gasteiger partial charge on any atom is 0.319 e. The van der Waals surface area contributed by atoms with E-state index < -0.39 is 6.55 Å². The lowest BCUT2D eigenvalue weighted by atomic mass is 9.85. The van der Waals surface area contributed by atoms with Gasteiger partial charge in [-0.05, 0) is 5.56 Å². The third kappa shape index (κ3) is 3.42. The third-order valence-electron chi connectivity index (χ3n) is 3.36. The van der Waals surface area contributed by atoms with Crippen molar-refractivity contribution in [2.75, 3.05) is 6.54 Å². The van der Waals surface area contributed by atoms with E-state index in [-0.39, 0.29) is 5.41 Å². The highest BCUT2D eigenvalue weighted by Crippen LogP contribution is 2.22. The average Bonchev–Trinajstić information content (AvgIpc) is 2.88. The molecule has 5 heteroatoms. The number of rotatable bonds is 6. The molecule has 0 spiro atoms. The van der Waals surface area contributed by atoms with Gasteiger partial charge in [0.05, 0.1) is 6.54 Å².